The molecule has 1 rings (SSSR count). The molecule has 0 atom stereocenters. The summed E-state index contributed by atoms with van der Waals surface area (Å²) >= 11 is 0. The van der Waals surface area contributed by atoms with E-state index in [1.54, 1.807) is 19.9 Å². The van der Waals surface area contributed by atoms with Gasteiger partial charge in [0, 0.05) is 11.6 Å². The van der Waals surface area contributed by atoms with Gasteiger partial charge in [-0.05, 0) is 19.9 Å². The smallest absolute Gasteiger partial charge is 0.235 e. The first kappa shape index (κ1) is 8.52. The molecule has 0 aliphatic heterocycles. The molecule has 0 unspecified atom stereocenters. The standard InChI is InChI=1S/C8H9NO3/c1-6-5-8(7(2)12-6)3-4-9(10)11/h3-5H,1-2H3/b4-3+. The van der Waals surface area contributed by atoms with E-state index in [9.17, 15) is 10.1 Å². The molecule has 0 aromatic carbocycles. The number of furan rings is 1. The predicted molar refractivity (Wildman–Crippen MR) is 44.2 cm³/mol. The summed E-state index contributed by atoms with van der Waals surface area (Å²) in [5, 5.41) is 9.98. The van der Waals surface area contributed by atoms with E-state index in [1.807, 2.05) is 0 Å². The van der Waals surface area contributed by atoms with Gasteiger partial charge in [0.25, 0.3) is 0 Å². The van der Waals surface area contributed by atoms with Gasteiger partial charge in [0.15, 0.2) is 0 Å². The van der Waals surface area contributed by atoms with Gasteiger partial charge < -0.3 is 4.42 Å². The fourth-order valence-electron chi connectivity index (χ4n) is 0.957. The molecule has 1 aromatic rings. The van der Waals surface area contributed by atoms with E-state index in [0.29, 0.717) is 5.76 Å². The molecule has 0 radical (unpaired) electrons. The van der Waals surface area contributed by atoms with E-state index in [-0.39, 0.29) is 0 Å². The van der Waals surface area contributed by atoms with E-state index in [2.05, 4.69) is 0 Å². The number of hydrogen-bond donors (Lipinski definition) is 0. The zero-order valence-electron chi connectivity index (χ0n) is 6.90. The highest BCUT2D eigenvalue weighted by atomic mass is 16.6. The Morgan fingerprint density at radius 2 is 2.25 bits per heavy atom. The van der Waals surface area contributed by atoms with Crippen LogP contribution < -0.4 is 0 Å². The molecule has 0 spiro atoms. The zero-order valence-corrected chi connectivity index (χ0v) is 6.90. The van der Waals surface area contributed by atoms with E-state index in [4.69, 9.17) is 4.42 Å². The van der Waals surface area contributed by atoms with Gasteiger partial charge >= 0.3 is 0 Å². The van der Waals surface area contributed by atoms with Gasteiger partial charge in [0.2, 0.25) is 6.20 Å². The topological polar surface area (TPSA) is 56.3 Å². The summed E-state index contributed by atoms with van der Waals surface area (Å²) in [5.41, 5.74) is 0.754. The third-order valence-corrected chi connectivity index (χ3v) is 1.46. The molecule has 0 fully saturated rings. The van der Waals surface area contributed by atoms with Crippen molar-refractivity contribution in [3.05, 3.63) is 39.5 Å². The molecule has 0 aliphatic rings. The lowest BCUT2D eigenvalue weighted by molar-refractivity contribution is -0.400. The Morgan fingerprint density at radius 3 is 2.67 bits per heavy atom. The van der Waals surface area contributed by atoms with Crippen molar-refractivity contribution in [2.75, 3.05) is 0 Å². The van der Waals surface area contributed by atoms with Crippen molar-refractivity contribution in [1.82, 2.24) is 0 Å². The Bertz CT molecular complexity index is 325. The first-order chi connectivity index (χ1) is 5.59. The Balaban J connectivity index is 2.89. The quantitative estimate of drug-likeness (QED) is 0.500. The average Bonchev–Trinajstić information content (AvgIpc) is 2.26. The molecule has 4 heteroatoms. The van der Waals surface area contributed by atoms with Crippen molar-refractivity contribution >= 4 is 6.08 Å². The summed E-state index contributed by atoms with van der Waals surface area (Å²) in [6.45, 7) is 3.57. The third-order valence-electron chi connectivity index (χ3n) is 1.46. The summed E-state index contributed by atoms with van der Waals surface area (Å²) < 4.78 is 5.17. The molecule has 1 heterocycles. The lowest BCUT2D eigenvalue weighted by atomic mass is 10.2. The Morgan fingerprint density at radius 1 is 1.58 bits per heavy atom. The Hall–Kier alpha value is -1.58. The van der Waals surface area contributed by atoms with Crippen molar-refractivity contribution in [2.45, 2.75) is 13.8 Å². The van der Waals surface area contributed by atoms with Gasteiger partial charge in [-0.2, -0.15) is 0 Å². The molecule has 4 nitrogen and oxygen atoms in total. The van der Waals surface area contributed by atoms with Crippen molar-refractivity contribution in [1.29, 1.82) is 0 Å². The van der Waals surface area contributed by atoms with Crippen LogP contribution in [0.1, 0.15) is 17.1 Å². The number of rotatable bonds is 2. The minimum absolute atomic E-state index is 0.498. The molecular formula is C8H9NO3. The Kier molecular flexibility index (Phi) is 2.28. The van der Waals surface area contributed by atoms with Crippen LogP contribution in [0.25, 0.3) is 6.08 Å². The normalized spacial score (nSPS) is 10.8. The van der Waals surface area contributed by atoms with Crippen LogP contribution >= 0.6 is 0 Å². The highest BCUT2D eigenvalue weighted by Crippen LogP contribution is 2.14. The number of nitrogens with zero attached hydrogens (tertiary/aromatic N) is 1. The molecule has 0 bridgehead atoms. The van der Waals surface area contributed by atoms with Crippen LogP contribution in [0.2, 0.25) is 0 Å². The van der Waals surface area contributed by atoms with Gasteiger partial charge in [-0.3, -0.25) is 10.1 Å². The molecule has 0 saturated heterocycles. The van der Waals surface area contributed by atoms with Gasteiger partial charge in [-0.15, -0.1) is 0 Å². The lowest BCUT2D eigenvalue weighted by Crippen LogP contribution is -1.81. The van der Waals surface area contributed by atoms with Crippen LogP contribution in [0.5, 0.6) is 0 Å². The van der Waals surface area contributed by atoms with Crippen molar-refractivity contribution in [2.24, 2.45) is 0 Å². The molecule has 1 aromatic heterocycles. The lowest BCUT2D eigenvalue weighted by Gasteiger charge is -1.83. The van der Waals surface area contributed by atoms with Crippen LogP contribution in [0.4, 0.5) is 0 Å². The molecule has 0 amide bonds. The number of nitro groups is 1. The van der Waals surface area contributed by atoms with Gasteiger partial charge in [0.05, 0.1) is 4.92 Å². The number of aryl methyl sites for hydroxylation is 2. The molecule has 12 heavy (non-hydrogen) atoms. The maximum Gasteiger partial charge on any atom is 0.235 e. The first-order valence-corrected chi connectivity index (χ1v) is 3.48. The third kappa shape index (κ3) is 1.95. The predicted octanol–water partition coefficient (Wildman–Crippen LogP) is 2.14. The van der Waals surface area contributed by atoms with Crippen molar-refractivity contribution in [3.63, 3.8) is 0 Å². The largest absolute Gasteiger partial charge is 0.466 e. The molecule has 64 valence electrons. The molecular weight excluding hydrogens is 158 g/mol. The van der Waals surface area contributed by atoms with Crippen LogP contribution in [0.15, 0.2) is 16.7 Å². The van der Waals surface area contributed by atoms with E-state index in [1.165, 1.54) is 6.08 Å². The monoisotopic (exact) mass is 167 g/mol. The van der Waals surface area contributed by atoms with Crippen LogP contribution in [-0.2, 0) is 0 Å². The van der Waals surface area contributed by atoms with E-state index >= 15 is 0 Å². The molecule has 0 aliphatic carbocycles. The van der Waals surface area contributed by atoms with Crippen LogP contribution in [0, 0.1) is 24.0 Å². The minimum atomic E-state index is -0.498. The Labute approximate surface area is 69.6 Å². The summed E-state index contributed by atoms with van der Waals surface area (Å²) in [6.07, 6.45) is 2.32. The zero-order chi connectivity index (χ0) is 9.14. The summed E-state index contributed by atoms with van der Waals surface area (Å²) in [4.78, 5) is 9.48. The minimum Gasteiger partial charge on any atom is -0.466 e. The molecule has 0 saturated carbocycles. The van der Waals surface area contributed by atoms with Crippen molar-refractivity contribution < 1.29 is 9.34 Å². The second kappa shape index (κ2) is 3.21. The van der Waals surface area contributed by atoms with Crippen LogP contribution in [0.3, 0.4) is 0 Å². The maximum absolute atomic E-state index is 9.98. The van der Waals surface area contributed by atoms with E-state index < -0.39 is 4.92 Å². The average molecular weight is 167 g/mol. The fraction of sp³-hybridized carbons (Fsp3) is 0.250. The van der Waals surface area contributed by atoms with Crippen molar-refractivity contribution in [3.8, 4) is 0 Å². The summed E-state index contributed by atoms with van der Waals surface area (Å²) in [7, 11) is 0. The fourth-order valence-corrected chi connectivity index (χ4v) is 0.957. The second-order valence-electron chi connectivity index (χ2n) is 2.47. The van der Waals surface area contributed by atoms with E-state index in [0.717, 1.165) is 17.5 Å². The number of hydrogen-bond acceptors (Lipinski definition) is 3. The second-order valence-corrected chi connectivity index (χ2v) is 2.47. The van der Waals surface area contributed by atoms with Gasteiger partial charge in [0.1, 0.15) is 11.5 Å². The first-order valence-electron chi connectivity index (χ1n) is 3.48. The summed E-state index contributed by atoms with van der Waals surface area (Å²) in [6, 6.07) is 1.76. The SMILES string of the molecule is Cc1cc(/C=C/[N+](=O)[O-])c(C)o1. The maximum atomic E-state index is 9.98. The van der Waals surface area contributed by atoms with Crippen LogP contribution in [-0.4, -0.2) is 4.92 Å². The highest BCUT2D eigenvalue weighted by Gasteiger charge is 2.01. The van der Waals surface area contributed by atoms with Gasteiger partial charge in [-0.1, -0.05) is 0 Å². The van der Waals surface area contributed by atoms with Gasteiger partial charge in [-0.25, -0.2) is 0 Å². The highest BCUT2D eigenvalue weighted by molar-refractivity contribution is 5.50. The summed E-state index contributed by atoms with van der Waals surface area (Å²) in [5.74, 6) is 1.46. The molecule has 0 N–H and O–H groups in total.